The van der Waals surface area contributed by atoms with Crippen LogP contribution in [0.3, 0.4) is 0 Å². The van der Waals surface area contributed by atoms with Crippen LogP contribution in [0.15, 0.2) is 24.3 Å². The van der Waals surface area contributed by atoms with Gasteiger partial charge in [-0.3, -0.25) is 4.72 Å². The standard InChI is InChI=1S/C12H20N2O3S/c1-9(2)17-12-6-4-11(5-7-12)14-18(15,16)10(3)8-13/h4-7,9-10,14H,8,13H2,1-3H3. The normalized spacial score (nSPS) is 13.4. The van der Waals surface area contributed by atoms with Crippen LogP contribution < -0.4 is 15.2 Å². The molecular weight excluding hydrogens is 252 g/mol. The molecule has 1 rings (SSSR count). The van der Waals surface area contributed by atoms with Crippen LogP contribution >= 0.6 is 0 Å². The molecule has 0 aromatic heterocycles. The Balaban J connectivity index is 2.75. The number of hydrogen-bond donors (Lipinski definition) is 2. The van der Waals surface area contributed by atoms with Crippen molar-refractivity contribution in [2.45, 2.75) is 32.1 Å². The van der Waals surface area contributed by atoms with E-state index in [0.29, 0.717) is 11.4 Å². The first-order chi connectivity index (χ1) is 8.35. The van der Waals surface area contributed by atoms with E-state index in [2.05, 4.69) is 4.72 Å². The maximum atomic E-state index is 11.8. The van der Waals surface area contributed by atoms with Crippen LogP contribution in [-0.4, -0.2) is 26.3 Å². The first-order valence-corrected chi connectivity index (χ1v) is 7.38. The number of rotatable bonds is 6. The van der Waals surface area contributed by atoms with Crippen LogP contribution in [0.2, 0.25) is 0 Å². The summed E-state index contributed by atoms with van der Waals surface area (Å²) >= 11 is 0. The second kappa shape index (κ2) is 6.06. The second-order valence-electron chi connectivity index (χ2n) is 4.38. The van der Waals surface area contributed by atoms with Crippen LogP contribution in [-0.2, 0) is 10.0 Å². The highest BCUT2D eigenvalue weighted by molar-refractivity contribution is 7.93. The van der Waals surface area contributed by atoms with Crippen molar-refractivity contribution in [1.82, 2.24) is 0 Å². The molecule has 0 fully saturated rings. The molecule has 102 valence electrons. The highest BCUT2D eigenvalue weighted by Gasteiger charge is 2.18. The lowest BCUT2D eigenvalue weighted by Crippen LogP contribution is -2.31. The molecule has 0 spiro atoms. The van der Waals surface area contributed by atoms with Gasteiger partial charge in [-0.2, -0.15) is 0 Å². The molecule has 1 aromatic rings. The van der Waals surface area contributed by atoms with Gasteiger partial charge in [0.1, 0.15) is 5.75 Å². The van der Waals surface area contributed by atoms with Gasteiger partial charge < -0.3 is 10.5 Å². The summed E-state index contributed by atoms with van der Waals surface area (Å²) in [7, 11) is -3.42. The number of benzene rings is 1. The summed E-state index contributed by atoms with van der Waals surface area (Å²) in [6.07, 6.45) is 0.0878. The lowest BCUT2D eigenvalue weighted by Gasteiger charge is -2.14. The number of hydrogen-bond acceptors (Lipinski definition) is 4. The Morgan fingerprint density at radius 2 is 1.78 bits per heavy atom. The first kappa shape index (κ1) is 14.8. The van der Waals surface area contributed by atoms with Crippen molar-refractivity contribution in [2.24, 2.45) is 5.73 Å². The molecule has 18 heavy (non-hydrogen) atoms. The molecule has 3 N–H and O–H groups in total. The third-order valence-electron chi connectivity index (χ3n) is 2.35. The van der Waals surface area contributed by atoms with E-state index in [1.165, 1.54) is 0 Å². The SMILES string of the molecule is CC(C)Oc1ccc(NS(=O)(=O)C(C)CN)cc1. The minimum absolute atomic E-state index is 0.0872. The van der Waals surface area contributed by atoms with Crippen LogP contribution in [0.25, 0.3) is 0 Å². The Hall–Kier alpha value is -1.27. The molecule has 1 atom stereocenters. The van der Waals surface area contributed by atoms with E-state index in [1.54, 1.807) is 31.2 Å². The number of sulfonamides is 1. The first-order valence-electron chi connectivity index (χ1n) is 5.83. The fraction of sp³-hybridized carbons (Fsp3) is 0.500. The lowest BCUT2D eigenvalue weighted by atomic mass is 10.3. The molecule has 0 radical (unpaired) electrons. The Labute approximate surface area is 108 Å². The van der Waals surface area contributed by atoms with Gasteiger partial charge in [-0.05, 0) is 45.0 Å². The number of nitrogens with two attached hydrogens (primary N) is 1. The monoisotopic (exact) mass is 272 g/mol. The van der Waals surface area contributed by atoms with E-state index < -0.39 is 15.3 Å². The van der Waals surface area contributed by atoms with E-state index in [-0.39, 0.29) is 12.6 Å². The molecule has 0 aliphatic heterocycles. The summed E-state index contributed by atoms with van der Waals surface area (Å²) in [4.78, 5) is 0. The van der Waals surface area contributed by atoms with Gasteiger partial charge in [0.05, 0.1) is 11.4 Å². The van der Waals surface area contributed by atoms with Crippen LogP contribution in [0.1, 0.15) is 20.8 Å². The predicted molar refractivity (Wildman–Crippen MR) is 73.3 cm³/mol. The Morgan fingerprint density at radius 1 is 1.22 bits per heavy atom. The second-order valence-corrected chi connectivity index (χ2v) is 6.48. The molecule has 1 unspecified atom stereocenters. The molecule has 0 aliphatic rings. The number of ether oxygens (including phenoxy) is 1. The van der Waals surface area contributed by atoms with Gasteiger partial charge in [-0.25, -0.2) is 8.42 Å². The summed E-state index contributed by atoms with van der Waals surface area (Å²) in [6, 6.07) is 6.78. The summed E-state index contributed by atoms with van der Waals surface area (Å²) in [5.74, 6) is 0.708. The summed E-state index contributed by atoms with van der Waals surface area (Å²) in [5, 5.41) is -0.621. The zero-order valence-electron chi connectivity index (χ0n) is 10.9. The van der Waals surface area contributed by atoms with Crippen molar-refractivity contribution in [3.63, 3.8) is 0 Å². The van der Waals surface area contributed by atoms with E-state index in [4.69, 9.17) is 10.5 Å². The van der Waals surface area contributed by atoms with Crippen molar-refractivity contribution >= 4 is 15.7 Å². The summed E-state index contributed by atoms with van der Waals surface area (Å²) in [6.45, 7) is 5.52. The van der Waals surface area contributed by atoms with E-state index in [0.717, 1.165) is 0 Å². The van der Waals surface area contributed by atoms with Crippen LogP contribution in [0.5, 0.6) is 5.75 Å². The Kier molecular flexibility index (Phi) is 4.98. The molecule has 6 heteroatoms. The zero-order valence-corrected chi connectivity index (χ0v) is 11.7. The van der Waals surface area contributed by atoms with Gasteiger partial charge in [0.15, 0.2) is 0 Å². The quantitative estimate of drug-likeness (QED) is 0.823. The smallest absolute Gasteiger partial charge is 0.236 e. The van der Waals surface area contributed by atoms with Crippen molar-refractivity contribution in [1.29, 1.82) is 0 Å². The van der Waals surface area contributed by atoms with Crippen molar-refractivity contribution in [2.75, 3.05) is 11.3 Å². The Bertz CT molecular complexity index is 469. The predicted octanol–water partition coefficient (Wildman–Crippen LogP) is 1.56. The fourth-order valence-corrected chi connectivity index (χ4v) is 2.18. The Morgan fingerprint density at radius 3 is 2.22 bits per heavy atom. The molecule has 5 nitrogen and oxygen atoms in total. The molecule has 0 heterocycles. The van der Waals surface area contributed by atoms with Crippen molar-refractivity contribution in [3.05, 3.63) is 24.3 Å². The lowest BCUT2D eigenvalue weighted by molar-refractivity contribution is 0.242. The minimum Gasteiger partial charge on any atom is -0.491 e. The molecule has 1 aromatic carbocycles. The molecule has 0 saturated carbocycles. The summed E-state index contributed by atoms with van der Waals surface area (Å²) in [5.41, 5.74) is 5.86. The number of nitrogens with one attached hydrogen (secondary N) is 1. The van der Waals surface area contributed by atoms with Crippen molar-refractivity contribution in [3.8, 4) is 5.75 Å². The van der Waals surface area contributed by atoms with Crippen molar-refractivity contribution < 1.29 is 13.2 Å². The molecule has 0 aliphatic carbocycles. The van der Waals surface area contributed by atoms with Gasteiger partial charge in [0, 0.05) is 12.2 Å². The minimum atomic E-state index is -3.42. The molecule has 0 amide bonds. The van der Waals surface area contributed by atoms with Gasteiger partial charge in [0.25, 0.3) is 0 Å². The van der Waals surface area contributed by atoms with Gasteiger partial charge in [-0.15, -0.1) is 0 Å². The van der Waals surface area contributed by atoms with Gasteiger partial charge in [0.2, 0.25) is 10.0 Å². The van der Waals surface area contributed by atoms with E-state index in [1.807, 2.05) is 13.8 Å². The number of anilines is 1. The fourth-order valence-electron chi connectivity index (χ4n) is 1.27. The van der Waals surface area contributed by atoms with Gasteiger partial charge in [-0.1, -0.05) is 0 Å². The average Bonchev–Trinajstić information content (AvgIpc) is 2.29. The van der Waals surface area contributed by atoms with Gasteiger partial charge >= 0.3 is 0 Å². The van der Waals surface area contributed by atoms with E-state index >= 15 is 0 Å². The highest BCUT2D eigenvalue weighted by atomic mass is 32.2. The zero-order chi connectivity index (χ0) is 13.8. The summed E-state index contributed by atoms with van der Waals surface area (Å²) < 4.78 is 31.5. The van der Waals surface area contributed by atoms with E-state index in [9.17, 15) is 8.42 Å². The van der Waals surface area contributed by atoms with Crippen LogP contribution in [0.4, 0.5) is 5.69 Å². The molecular formula is C12H20N2O3S. The molecule has 0 bridgehead atoms. The highest BCUT2D eigenvalue weighted by Crippen LogP contribution is 2.18. The van der Waals surface area contributed by atoms with Crippen LogP contribution in [0, 0.1) is 0 Å². The maximum Gasteiger partial charge on any atom is 0.236 e. The maximum absolute atomic E-state index is 11.8. The topological polar surface area (TPSA) is 81.4 Å². The average molecular weight is 272 g/mol. The largest absolute Gasteiger partial charge is 0.491 e. The third kappa shape index (κ3) is 4.19. The third-order valence-corrected chi connectivity index (χ3v) is 4.12. The molecule has 0 saturated heterocycles.